The summed E-state index contributed by atoms with van der Waals surface area (Å²) in [5.41, 5.74) is 1.22. The average molecular weight is 170 g/mol. The molecule has 0 bridgehead atoms. The molecule has 1 heterocycles. The fraction of sp³-hybridized carbons (Fsp3) is 0.400. The van der Waals surface area contributed by atoms with Gasteiger partial charge in [0.25, 0.3) is 0 Å². The molecule has 1 rings (SSSR count). The number of aromatic nitrogens is 2. The Labute approximate surface area is 57.4 Å². The average Bonchev–Trinajstić information content (AvgIpc) is 2.14. The van der Waals surface area contributed by atoms with Crippen LogP contribution in [0, 0.1) is 6.92 Å². The Morgan fingerprint density at radius 1 is 1.88 bits per heavy atom. The Morgan fingerprint density at radius 3 is 2.88 bits per heavy atom. The van der Waals surface area contributed by atoms with Crippen LogP contribution in [0.25, 0.3) is 0 Å². The molecule has 0 fully saturated rings. The van der Waals surface area contributed by atoms with Crippen LogP contribution in [0.3, 0.4) is 0 Å². The Morgan fingerprint density at radius 2 is 2.62 bits per heavy atom. The van der Waals surface area contributed by atoms with Gasteiger partial charge in [-0.3, -0.25) is 0 Å². The molecule has 0 amide bonds. The van der Waals surface area contributed by atoms with Gasteiger partial charge >= 0.3 is 56.8 Å². The second-order valence-corrected chi connectivity index (χ2v) is 2.29. The van der Waals surface area contributed by atoms with E-state index in [-0.39, 0.29) is 0 Å². The van der Waals surface area contributed by atoms with Gasteiger partial charge in [-0.25, -0.2) is 0 Å². The summed E-state index contributed by atoms with van der Waals surface area (Å²) in [6, 6.07) is 0. The Balaban J connectivity index is 2.84. The van der Waals surface area contributed by atoms with Crippen LogP contribution in [-0.2, 0) is 5.33 Å². The molecule has 0 N–H and O–H groups in total. The van der Waals surface area contributed by atoms with Crippen molar-refractivity contribution in [1.82, 2.24) is 9.78 Å². The van der Waals surface area contributed by atoms with Crippen LogP contribution < -0.4 is 0 Å². The van der Waals surface area contributed by atoms with Crippen LogP contribution in [0.15, 0.2) is 12.4 Å². The maximum absolute atomic E-state index is 4.04. The molecular weight excluding hydrogens is 163 g/mol. The molecule has 0 saturated heterocycles. The zero-order chi connectivity index (χ0) is 5.98. The SMILES string of the molecule is Cc1cnn(C[As])c1. The Bertz CT molecular complexity index is 171. The van der Waals surface area contributed by atoms with Gasteiger partial charge < -0.3 is 0 Å². The van der Waals surface area contributed by atoms with Gasteiger partial charge in [-0.2, -0.15) is 0 Å². The van der Waals surface area contributed by atoms with Gasteiger partial charge in [0.15, 0.2) is 0 Å². The molecular formula is C5H7AsN2. The van der Waals surface area contributed by atoms with Crippen molar-refractivity contribution in [3.05, 3.63) is 18.0 Å². The summed E-state index contributed by atoms with van der Waals surface area (Å²) in [4.78, 5) is 0. The fourth-order valence-electron chi connectivity index (χ4n) is 0.544. The molecule has 0 aromatic carbocycles. The molecule has 0 saturated carbocycles. The standard InChI is InChI=1S/C5H7AsN2/c1-5-2-7-8(3-5)4-6/h2-3H,4H2,1H3. The molecule has 0 atom stereocenters. The summed E-state index contributed by atoms with van der Waals surface area (Å²) >= 11 is 2.47. The number of aryl methyl sites for hydroxylation is 1. The molecule has 1 aromatic heterocycles. The van der Waals surface area contributed by atoms with Crippen LogP contribution in [0.4, 0.5) is 0 Å². The van der Waals surface area contributed by atoms with Crippen LogP contribution in [-0.4, -0.2) is 26.6 Å². The molecule has 2 radical (unpaired) electrons. The third kappa shape index (κ3) is 1.13. The molecule has 0 aliphatic rings. The van der Waals surface area contributed by atoms with E-state index in [1.165, 1.54) is 5.56 Å². The van der Waals surface area contributed by atoms with Crippen molar-refractivity contribution in [2.24, 2.45) is 0 Å². The summed E-state index contributed by atoms with van der Waals surface area (Å²) in [6.45, 7) is 2.03. The maximum atomic E-state index is 4.04. The molecule has 8 heavy (non-hydrogen) atoms. The van der Waals surface area contributed by atoms with Crippen molar-refractivity contribution < 1.29 is 0 Å². The van der Waals surface area contributed by atoms with Crippen molar-refractivity contribution >= 4 is 16.9 Å². The van der Waals surface area contributed by atoms with E-state index in [1.807, 2.05) is 24.0 Å². The van der Waals surface area contributed by atoms with Gasteiger partial charge in [-0.1, -0.05) is 0 Å². The topological polar surface area (TPSA) is 17.8 Å². The number of nitrogens with zero attached hydrogens (tertiary/aromatic N) is 2. The van der Waals surface area contributed by atoms with Crippen molar-refractivity contribution in [2.75, 3.05) is 0 Å². The first-order valence-corrected chi connectivity index (χ1v) is 3.75. The fourth-order valence-corrected chi connectivity index (χ4v) is 0.869. The van der Waals surface area contributed by atoms with Crippen molar-refractivity contribution in [3.63, 3.8) is 0 Å². The molecule has 1 aromatic rings. The van der Waals surface area contributed by atoms with E-state index in [9.17, 15) is 0 Å². The Hall–Kier alpha value is -0.232. The predicted octanol–water partition coefficient (Wildman–Crippen LogP) is 0.318. The Kier molecular flexibility index (Phi) is 1.74. The third-order valence-corrected chi connectivity index (χ3v) is 1.52. The first kappa shape index (κ1) is 5.90. The van der Waals surface area contributed by atoms with Gasteiger partial charge in [0.2, 0.25) is 0 Å². The molecule has 0 aliphatic carbocycles. The van der Waals surface area contributed by atoms with Gasteiger partial charge in [0, 0.05) is 0 Å². The van der Waals surface area contributed by atoms with E-state index in [0.29, 0.717) is 0 Å². The summed E-state index contributed by atoms with van der Waals surface area (Å²) in [5, 5.41) is 4.94. The van der Waals surface area contributed by atoms with Gasteiger partial charge in [0.05, 0.1) is 0 Å². The zero-order valence-corrected chi connectivity index (χ0v) is 6.58. The summed E-state index contributed by atoms with van der Waals surface area (Å²) in [7, 11) is 0. The number of rotatable bonds is 1. The zero-order valence-electron chi connectivity index (χ0n) is 4.70. The summed E-state index contributed by atoms with van der Waals surface area (Å²) in [6.07, 6.45) is 3.87. The van der Waals surface area contributed by atoms with E-state index >= 15 is 0 Å². The van der Waals surface area contributed by atoms with Crippen molar-refractivity contribution in [2.45, 2.75) is 12.3 Å². The molecule has 2 nitrogen and oxygen atoms in total. The van der Waals surface area contributed by atoms with Crippen LogP contribution in [0.5, 0.6) is 0 Å². The van der Waals surface area contributed by atoms with Crippen LogP contribution >= 0.6 is 0 Å². The van der Waals surface area contributed by atoms with E-state index in [4.69, 9.17) is 0 Å². The van der Waals surface area contributed by atoms with Crippen molar-refractivity contribution in [3.8, 4) is 0 Å². The van der Waals surface area contributed by atoms with E-state index < -0.39 is 0 Å². The predicted molar refractivity (Wildman–Crippen MR) is 32.7 cm³/mol. The molecule has 3 heteroatoms. The van der Waals surface area contributed by atoms with Gasteiger partial charge in [-0.15, -0.1) is 0 Å². The molecule has 0 aliphatic heterocycles. The first-order chi connectivity index (χ1) is 3.83. The van der Waals surface area contributed by atoms with Crippen LogP contribution in [0.1, 0.15) is 5.56 Å². The van der Waals surface area contributed by atoms with E-state index in [0.717, 1.165) is 5.33 Å². The number of hydrogen-bond acceptors (Lipinski definition) is 1. The summed E-state index contributed by atoms with van der Waals surface area (Å²) in [5.74, 6) is 0. The monoisotopic (exact) mass is 170 g/mol. The quantitative estimate of drug-likeness (QED) is 0.555. The first-order valence-electron chi connectivity index (χ1n) is 2.43. The third-order valence-electron chi connectivity index (χ3n) is 0.907. The minimum absolute atomic E-state index is 0.904. The van der Waals surface area contributed by atoms with Crippen molar-refractivity contribution in [1.29, 1.82) is 0 Å². The van der Waals surface area contributed by atoms with E-state index in [1.54, 1.807) is 0 Å². The number of hydrogen-bond donors (Lipinski definition) is 0. The van der Waals surface area contributed by atoms with E-state index in [2.05, 4.69) is 22.0 Å². The van der Waals surface area contributed by atoms with Gasteiger partial charge in [0.1, 0.15) is 0 Å². The van der Waals surface area contributed by atoms with Gasteiger partial charge in [-0.05, 0) is 0 Å². The molecule has 0 unspecified atom stereocenters. The van der Waals surface area contributed by atoms with Crippen LogP contribution in [0.2, 0.25) is 0 Å². The second-order valence-electron chi connectivity index (χ2n) is 1.70. The molecule has 0 spiro atoms. The normalized spacial score (nSPS) is 9.75. The second kappa shape index (κ2) is 2.36. The minimum atomic E-state index is 0.904. The summed E-state index contributed by atoms with van der Waals surface area (Å²) < 4.78 is 1.88. The molecule has 42 valence electrons.